The molecule has 0 spiro atoms. The van der Waals surface area contributed by atoms with E-state index in [4.69, 9.17) is 0 Å². The lowest BCUT2D eigenvalue weighted by atomic mass is 10.2. The van der Waals surface area contributed by atoms with Crippen LogP contribution in [0, 0.1) is 0 Å². The van der Waals surface area contributed by atoms with E-state index in [0.717, 1.165) is 49.8 Å². The summed E-state index contributed by atoms with van der Waals surface area (Å²) < 4.78 is 38.3. The Balaban J connectivity index is 1.46. The van der Waals surface area contributed by atoms with Gasteiger partial charge in [0, 0.05) is 11.3 Å². The molecule has 3 rings (SSSR count). The van der Waals surface area contributed by atoms with Crippen molar-refractivity contribution in [3.05, 3.63) is 65.7 Å². The number of benzene rings is 2. The van der Waals surface area contributed by atoms with Gasteiger partial charge in [-0.05, 0) is 18.2 Å². The van der Waals surface area contributed by atoms with E-state index in [1.807, 2.05) is 18.2 Å². The summed E-state index contributed by atoms with van der Waals surface area (Å²) in [6, 6.07) is 15.1. The first kappa shape index (κ1) is 19.4. The zero-order valence-electron chi connectivity index (χ0n) is 15.0. The number of quaternary nitrogens is 2. The Morgan fingerprint density at radius 1 is 0.926 bits per heavy atom. The van der Waals surface area contributed by atoms with Gasteiger partial charge in [0.1, 0.15) is 32.7 Å². The molecule has 0 radical (unpaired) electrons. The molecule has 2 aromatic carbocycles. The van der Waals surface area contributed by atoms with Crippen LogP contribution in [0.15, 0.2) is 54.6 Å². The summed E-state index contributed by atoms with van der Waals surface area (Å²) in [5.74, 6) is -0.254. The van der Waals surface area contributed by atoms with Gasteiger partial charge in [-0.2, -0.15) is 13.2 Å². The predicted octanol–water partition coefficient (Wildman–Crippen LogP) is 0.628. The predicted molar refractivity (Wildman–Crippen MR) is 96.5 cm³/mol. The van der Waals surface area contributed by atoms with Crippen LogP contribution in [0.1, 0.15) is 11.1 Å². The third kappa shape index (κ3) is 5.80. The number of hydrogen-bond donors (Lipinski definition) is 3. The van der Waals surface area contributed by atoms with Crippen LogP contribution in [0.25, 0.3) is 0 Å². The fourth-order valence-electron chi connectivity index (χ4n) is 3.40. The lowest BCUT2D eigenvalue weighted by Crippen LogP contribution is -3.28. The van der Waals surface area contributed by atoms with Crippen molar-refractivity contribution < 1.29 is 27.8 Å². The van der Waals surface area contributed by atoms with Gasteiger partial charge < -0.3 is 15.1 Å². The number of amides is 1. The number of halogens is 3. The van der Waals surface area contributed by atoms with Gasteiger partial charge in [0.2, 0.25) is 0 Å². The maximum Gasteiger partial charge on any atom is 0.416 e. The normalized spacial score (nSPS) is 20.3. The van der Waals surface area contributed by atoms with Gasteiger partial charge in [0.25, 0.3) is 5.91 Å². The minimum absolute atomic E-state index is 0.183. The topological polar surface area (TPSA) is 38.0 Å². The summed E-state index contributed by atoms with van der Waals surface area (Å²) >= 11 is 0. The molecule has 1 amide bonds. The van der Waals surface area contributed by atoms with E-state index in [9.17, 15) is 18.0 Å². The number of alkyl halides is 3. The third-order valence-electron chi connectivity index (χ3n) is 4.85. The summed E-state index contributed by atoms with van der Waals surface area (Å²) in [5, 5.41) is 2.59. The van der Waals surface area contributed by atoms with Crippen molar-refractivity contribution in [3.8, 4) is 0 Å². The van der Waals surface area contributed by atoms with Gasteiger partial charge in [-0.3, -0.25) is 4.79 Å². The van der Waals surface area contributed by atoms with Crippen molar-refractivity contribution in [3.63, 3.8) is 0 Å². The van der Waals surface area contributed by atoms with Crippen LogP contribution in [0.4, 0.5) is 18.9 Å². The number of anilines is 1. The molecule has 1 fully saturated rings. The summed E-state index contributed by atoms with van der Waals surface area (Å²) in [5.41, 5.74) is 0.728. The fraction of sp³-hybridized carbons (Fsp3) is 0.350. The molecule has 0 saturated carbocycles. The quantitative estimate of drug-likeness (QED) is 0.701. The SMILES string of the molecule is O=C(C[NH+]1CC[NH+](Cc2ccccc2)CC1)Nc1cccc(C(F)(F)F)c1. The summed E-state index contributed by atoms with van der Waals surface area (Å²) in [4.78, 5) is 14.8. The average molecular weight is 379 g/mol. The molecule has 3 N–H and O–H groups in total. The molecule has 1 aliphatic rings. The highest BCUT2D eigenvalue weighted by molar-refractivity contribution is 5.91. The lowest BCUT2D eigenvalue weighted by Gasteiger charge is -2.29. The molecule has 0 aliphatic carbocycles. The highest BCUT2D eigenvalue weighted by Crippen LogP contribution is 2.30. The molecule has 4 nitrogen and oxygen atoms in total. The molecule has 1 aliphatic heterocycles. The number of carbonyl (C=O) groups excluding carboxylic acids is 1. The largest absolute Gasteiger partial charge is 0.416 e. The second-order valence-corrected chi connectivity index (χ2v) is 6.97. The molecule has 7 heteroatoms. The van der Waals surface area contributed by atoms with Gasteiger partial charge >= 0.3 is 6.18 Å². The third-order valence-corrected chi connectivity index (χ3v) is 4.85. The second kappa shape index (κ2) is 8.54. The maximum absolute atomic E-state index is 12.8. The smallest absolute Gasteiger partial charge is 0.322 e. The lowest BCUT2D eigenvalue weighted by molar-refractivity contribution is -1.02. The van der Waals surface area contributed by atoms with Crippen LogP contribution in [0.2, 0.25) is 0 Å². The van der Waals surface area contributed by atoms with Gasteiger partial charge in [-0.25, -0.2) is 0 Å². The number of hydrogen-bond acceptors (Lipinski definition) is 1. The molecule has 144 valence electrons. The van der Waals surface area contributed by atoms with Crippen LogP contribution in [-0.2, 0) is 17.5 Å². The van der Waals surface area contributed by atoms with Crippen molar-refractivity contribution in [2.24, 2.45) is 0 Å². The van der Waals surface area contributed by atoms with Crippen molar-refractivity contribution in [1.82, 2.24) is 0 Å². The van der Waals surface area contributed by atoms with Gasteiger partial charge in [-0.1, -0.05) is 36.4 Å². The summed E-state index contributed by atoms with van der Waals surface area (Å²) in [7, 11) is 0. The first-order valence-corrected chi connectivity index (χ1v) is 9.08. The number of rotatable bonds is 5. The Kier molecular flexibility index (Phi) is 6.13. The van der Waals surface area contributed by atoms with Crippen molar-refractivity contribution >= 4 is 11.6 Å². The highest BCUT2D eigenvalue weighted by Gasteiger charge is 2.30. The molecule has 1 heterocycles. The molecule has 27 heavy (non-hydrogen) atoms. The Morgan fingerprint density at radius 2 is 1.59 bits per heavy atom. The van der Waals surface area contributed by atoms with Crippen molar-refractivity contribution in [2.45, 2.75) is 12.7 Å². The Bertz CT molecular complexity index is 757. The standard InChI is InChI=1S/C20H22F3N3O/c21-20(22,23)17-7-4-8-18(13-17)24-19(27)15-26-11-9-25(10-12-26)14-16-5-2-1-3-6-16/h1-8,13H,9-12,14-15H2,(H,24,27)/p+2. The summed E-state index contributed by atoms with van der Waals surface area (Å²) in [6.07, 6.45) is -4.41. The number of carbonyl (C=O) groups is 1. The highest BCUT2D eigenvalue weighted by atomic mass is 19.4. The first-order chi connectivity index (χ1) is 12.9. The second-order valence-electron chi connectivity index (χ2n) is 6.97. The van der Waals surface area contributed by atoms with E-state index in [1.165, 1.54) is 22.6 Å². The van der Waals surface area contributed by atoms with Crippen LogP contribution < -0.4 is 15.1 Å². The molecule has 1 saturated heterocycles. The minimum Gasteiger partial charge on any atom is -0.322 e. The Hall–Kier alpha value is -2.38. The fourth-order valence-corrected chi connectivity index (χ4v) is 3.40. The molecular weight excluding hydrogens is 355 g/mol. The Labute approximate surface area is 156 Å². The van der Waals surface area contributed by atoms with Gasteiger partial charge in [0.15, 0.2) is 6.54 Å². The zero-order chi connectivity index (χ0) is 19.3. The van der Waals surface area contributed by atoms with Crippen LogP contribution in [-0.4, -0.2) is 38.6 Å². The Morgan fingerprint density at radius 3 is 2.26 bits per heavy atom. The van der Waals surface area contributed by atoms with Crippen molar-refractivity contribution in [1.29, 1.82) is 0 Å². The zero-order valence-corrected chi connectivity index (χ0v) is 15.0. The van der Waals surface area contributed by atoms with E-state index < -0.39 is 11.7 Å². The van der Waals surface area contributed by atoms with Crippen LogP contribution >= 0.6 is 0 Å². The maximum atomic E-state index is 12.8. The number of piperazine rings is 1. The minimum atomic E-state index is -4.41. The molecule has 0 atom stereocenters. The molecular formula is C20H24F3N3O+2. The van der Waals surface area contributed by atoms with E-state index in [1.54, 1.807) is 0 Å². The molecule has 2 aromatic rings. The number of nitrogens with one attached hydrogen (secondary N) is 3. The average Bonchev–Trinajstić information content (AvgIpc) is 2.64. The van der Waals surface area contributed by atoms with Gasteiger partial charge in [-0.15, -0.1) is 0 Å². The van der Waals surface area contributed by atoms with E-state index in [-0.39, 0.29) is 18.1 Å². The van der Waals surface area contributed by atoms with E-state index >= 15 is 0 Å². The molecule has 0 aromatic heterocycles. The summed E-state index contributed by atoms with van der Waals surface area (Å²) in [6.45, 7) is 4.94. The monoisotopic (exact) mass is 379 g/mol. The van der Waals surface area contributed by atoms with Crippen LogP contribution in [0.3, 0.4) is 0 Å². The van der Waals surface area contributed by atoms with E-state index in [0.29, 0.717) is 0 Å². The van der Waals surface area contributed by atoms with Crippen LogP contribution in [0.5, 0.6) is 0 Å². The van der Waals surface area contributed by atoms with E-state index in [2.05, 4.69) is 17.4 Å². The van der Waals surface area contributed by atoms with Gasteiger partial charge in [0.05, 0.1) is 5.56 Å². The molecule has 0 bridgehead atoms. The van der Waals surface area contributed by atoms with Crippen molar-refractivity contribution in [2.75, 3.05) is 38.0 Å². The molecule has 0 unspecified atom stereocenters. The first-order valence-electron chi connectivity index (χ1n) is 9.08.